The maximum absolute atomic E-state index is 12.2. The first-order chi connectivity index (χ1) is 9.66. The first-order valence-electron chi connectivity index (χ1n) is 6.52. The van der Waals surface area contributed by atoms with Gasteiger partial charge >= 0.3 is 0 Å². The minimum Gasteiger partial charge on any atom is -0.380 e. The van der Waals surface area contributed by atoms with Crippen molar-refractivity contribution in [3.8, 4) is 10.6 Å². The Hall–Kier alpha value is -1.72. The molecule has 1 aromatic heterocycles. The maximum atomic E-state index is 12.2. The van der Waals surface area contributed by atoms with Crippen molar-refractivity contribution in [3.63, 3.8) is 0 Å². The van der Waals surface area contributed by atoms with Crippen molar-refractivity contribution in [2.75, 3.05) is 19.8 Å². The third kappa shape index (κ3) is 2.73. The Labute approximate surface area is 121 Å². The van der Waals surface area contributed by atoms with Crippen LogP contribution in [-0.4, -0.2) is 30.6 Å². The summed E-state index contributed by atoms with van der Waals surface area (Å²) in [5.41, 5.74) is 1.73. The van der Waals surface area contributed by atoms with Crippen LogP contribution in [0.2, 0.25) is 0 Å². The standard InChI is InChI=1S/C15H16N2O2S/c1-15(9-19-10-15)8-17-13(18)11-3-2-4-12(7-11)14-16-5-6-20-14/h2-7H,8-10H2,1H3,(H,17,18). The highest BCUT2D eigenvalue weighted by molar-refractivity contribution is 7.13. The van der Waals surface area contributed by atoms with Crippen molar-refractivity contribution in [1.82, 2.24) is 10.3 Å². The van der Waals surface area contributed by atoms with E-state index in [-0.39, 0.29) is 11.3 Å². The molecule has 1 fully saturated rings. The molecule has 1 aliphatic rings. The minimum absolute atomic E-state index is 0.0449. The van der Waals surface area contributed by atoms with E-state index in [9.17, 15) is 4.79 Å². The molecule has 0 spiro atoms. The number of benzene rings is 1. The van der Waals surface area contributed by atoms with Crippen molar-refractivity contribution < 1.29 is 9.53 Å². The van der Waals surface area contributed by atoms with E-state index in [2.05, 4.69) is 17.2 Å². The van der Waals surface area contributed by atoms with Crippen molar-refractivity contribution in [2.24, 2.45) is 5.41 Å². The van der Waals surface area contributed by atoms with E-state index >= 15 is 0 Å². The largest absolute Gasteiger partial charge is 0.380 e. The Balaban J connectivity index is 1.70. The van der Waals surface area contributed by atoms with E-state index in [0.717, 1.165) is 10.6 Å². The molecule has 20 heavy (non-hydrogen) atoms. The highest BCUT2D eigenvalue weighted by Gasteiger charge is 2.33. The lowest BCUT2D eigenvalue weighted by Crippen LogP contribution is -2.48. The van der Waals surface area contributed by atoms with Crippen LogP contribution in [0, 0.1) is 5.41 Å². The minimum atomic E-state index is -0.0449. The molecule has 104 valence electrons. The van der Waals surface area contributed by atoms with Gasteiger partial charge in [0.25, 0.3) is 5.91 Å². The third-order valence-corrected chi connectivity index (χ3v) is 4.20. The first kappa shape index (κ1) is 13.3. The highest BCUT2D eigenvalue weighted by atomic mass is 32.1. The summed E-state index contributed by atoms with van der Waals surface area (Å²) in [6, 6.07) is 7.57. The molecule has 0 radical (unpaired) electrons. The molecule has 1 aromatic carbocycles. The average Bonchev–Trinajstić information content (AvgIpc) is 2.97. The SMILES string of the molecule is CC1(CNC(=O)c2cccc(-c3nccs3)c2)COC1. The van der Waals surface area contributed by atoms with Gasteiger partial charge in [-0.2, -0.15) is 0 Å². The fraction of sp³-hybridized carbons (Fsp3) is 0.333. The van der Waals surface area contributed by atoms with E-state index in [0.29, 0.717) is 25.3 Å². The normalized spacial score (nSPS) is 16.4. The van der Waals surface area contributed by atoms with E-state index in [1.165, 1.54) is 0 Å². The number of rotatable bonds is 4. The molecule has 1 N–H and O–H groups in total. The number of hydrogen-bond donors (Lipinski definition) is 1. The van der Waals surface area contributed by atoms with Gasteiger partial charge in [-0.3, -0.25) is 4.79 Å². The molecule has 4 nitrogen and oxygen atoms in total. The summed E-state index contributed by atoms with van der Waals surface area (Å²) in [5.74, 6) is -0.0449. The number of carbonyl (C=O) groups excluding carboxylic acids is 1. The Bertz CT molecular complexity index is 606. The number of amides is 1. The van der Waals surface area contributed by atoms with Crippen molar-refractivity contribution in [3.05, 3.63) is 41.4 Å². The average molecular weight is 288 g/mol. The summed E-state index contributed by atoms with van der Waals surface area (Å²) in [7, 11) is 0. The second kappa shape index (κ2) is 5.34. The molecule has 3 rings (SSSR count). The van der Waals surface area contributed by atoms with Gasteiger partial charge in [0, 0.05) is 34.7 Å². The first-order valence-corrected chi connectivity index (χ1v) is 7.40. The summed E-state index contributed by atoms with van der Waals surface area (Å²) >= 11 is 1.57. The summed E-state index contributed by atoms with van der Waals surface area (Å²) in [6.45, 7) is 4.19. The zero-order valence-corrected chi connectivity index (χ0v) is 12.1. The van der Waals surface area contributed by atoms with Gasteiger partial charge in [-0.15, -0.1) is 11.3 Å². The topological polar surface area (TPSA) is 51.2 Å². The third-order valence-electron chi connectivity index (χ3n) is 3.38. The van der Waals surface area contributed by atoms with E-state index < -0.39 is 0 Å². The van der Waals surface area contributed by atoms with Crippen molar-refractivity contribution >= 4 is 17.2 Å². The van der Waals surface area contributed by atoms with Crippen LogP contribution in [0.1, 0.15) is 17.3 Å². The summed E-state index contributed by atoms with van der Waals surface area (Å²) in [4.78, 5) is 16.4. The van der Waals surface area contributed by atoms with Gasteiger partial charge in [-0.25, -0.2) is 4.98 Å². The lowest BCUT2D eigenvalue weighted by Gasteiger charge is -2.38. The molecule has 5 heteroatoms. The Morgan fingerprint density at radius 3 is 3.00 bits per heavy atom. The van der Waals surface area contributed by atoms with Crippen molar-refractivity contribution in [1.29, 1.82) is 0 Å². The summed E-state index contributed by atoms with van der Waals surface area (Å²) in [6.07, 6.45) is 1.77. The maximum Gasteiger partial charge on any atom is 0.251 e. The quantitative estimate of drug-likeness (QED) is 0.940. The number of thiazole rings is 1. The van der Waals surface area contributed by atoms with Crippen LogP contribution < -0.4 is 5.32 Å². The second-order valence-corrected chi connectivity index (χ2v) is 6.30. The molecule has 0 bridgehead atoms. The molecule has 0 aliphatic carbocycles. The van der Waals surface area contributed by atoms with Crippen molar-refractivity contribution in [2.45, 2.75) is 6.92 Å². The number of aromatic nitrogens is 1. The molecule has 1 saturated heterocycles. The molecule has 1 aliphatic heterocycles. The molecule has 0 saturated carbocycles. The molecular weight excluding hydrogens is 272 g/mol. The van der Waals surface area contributed by atoms with Crippen LogP contribution in [0.5, 0.6) is 0 Å². The van der Waals surface area contributed by atoms with Gasteiger partial charge in [0.2, 0.25) is 0 Å². The molecule has 2 aromatic rings. The molecular formula is C15H16N2O2S. The predicted octanol–water partition coefficient (Wildman–Crippen LogP) is 2.58. The zero-order valence-electron chi connectivity index (χ0n) is 11.3. The fourth-order valence-electron chi connectivity index (χ4n) is 2.11. The number of nitrogens with zero attached hydrogens (tertiary/aromatic N) is 1. The molecule has 1 amide bonds. The lowest BCUT2D eigenvalue weighted by molar-refractivity contribution is -0.0978. The van der Waals surface area contributed by atoms with Crippen LogP contribution in [0.3, 0.4) is 0 Å². The van der Waals surface area contributed by atoms with Gasteiger partial charge < -0.3 is 10.1 Å². The van der Waals surface area contributed by atoms with E-state index in [4.69, 9.17) is 4.74 Å². The Morgan fingerprint density at radius 2 is 2.35 bits per heavy atom. The monoisotopic (exact) mass is 288 g/mol. The van der Waals surface area contributed by atoms with Gasteiger partial charge in [0.15, 0.2) is 0 Å². The smallest absolute Gasteiger partial charge is 0.251 e. The van der Waals surface area contributed by atoms with Gasteiger partial charge in [0.1, 0.15) is 5.01 Å². The van der Waals surface area contributed by atoms with Crippen LogP contribution in [-0.2, 0) is 4.74 Å². The Kier molecular flexibility index (Phi) is 3.54. The summed E-state index contributed by atoms with van der Waals surface area (Å²) < 4.78 is 5.19. The van der Waals surface area contributed by atoms with E-state index in [1.807, 2.05) is 29.6 Å². The Morgan fingerprint density at radius 1 is 1.50 bits per heavy atom. The van der Waals surface area contributed by atoms with Crippen LogP contribution in [0.25, 0.3) is 10.6 Å². The van der Waals surface area contributed by atoms with E-state index in [1.54, 1.807) is 17.5 Å². The molecule has 2 heterocycles. The number of nitrogens with one attached hydrogen (secondary N) is 1. The summed E-state index contributed by atoms with van der Waals surface area (Å²) in [5, 5.41) is 5.84. The number of carbonyl (C=O) groups is 1. The number of ether oxygens (including phenoxy) is 1. The lowest BCUT2D eigenvalue weighted by atomic mass is 9.88. The van der Waals surface area contributed by atoms with Crippen LogP contribution in [0.15, 0.2) is 35.8 Å². The van der Waals surface area contributed by atoms with Gasteiger partial charge in [0.05, 0.1) is 13.2 Å². The highest BCUT2D eigenvalue weighted by Crippen LogP contribution is 2.25. The fourth-order valence-corrected chi connectivity index (χ4v) is 2.74. The molecule has 0 atom stereocenters. The van der Waals surface area contributed by atoms with Crippen LogP contribution in [0.4, 0.5) is 0 Å². The van der Waals surface area contributed by atoms with Crippen LogP contribution >= 0.6 is 11.3 Å². The number of hydrogen-bond acceptors (Lipinski definition) is 4. The molecule has 0 unspecified atom stereocenters. The zero-order chi connectivity index (χ0) is 14.0. The van der Waals surface area contributed by atoms with Gasteiger partial charge in [-0.1, -0.05) is 19.1 Å². The predicted molar refractivity (Wildman–Crippen MR) is 78.8 cm³/mol. The second-order valence-electron chi connectivity index (χ2n) is 5.40. The van der Waals surface area contributed by atoms with Gasteiger partial charge in [-0.05, 0) is 12.1 Å².